The molecule has 0 aliphatic heterocycles. The summed E-state index contributed by atoms with van der Waals surface area (Å²) in [5, 5.41) is 15.5. The van der Waals surface area contributed by atoms with Gasteiger partial charge in [-0.2, -0.15) is 15.5 Å². The lowest BCUT2D eigenvalue weighted by atomic mass is 10.4. The molecule has 0 amide bonds. The molecule has 7 heteroatoms. The minimum absolute atomic E-state index is 0.0534. The quantitative estimate of drug-likeness (QED) is 0.720. The van der Waals surface area contributed by atoms with E-state index >= 15 is 0 Å². The summed E-state index contributed by atoms with van der Waals surface area (Å²) in [7, 11) is -3.51. The molecule has 0 saturated carbocycles. The highest BCUT2D eigenvalue weighted by Crippen LogP contribution is 1.92. The van der Waals surface area contributed by atoms with Gasteiger partial charge < -0.3 is 0 Å². The van der Waals surface area contributed by atoms with Crippen molar-refractivity contribution in [2.75, 3.05) is 5.75 Å². The maximum atomic E-state index is 11.0. The molecule has 74 valence electrons. The number of rotatable bonds is 4. The van der Waals surface area contributed by atoms with Gasteiger partial charge in [0.15, 0.2) is 5.75 Å². The van der Waals surface area contributed by atoms with Gasteiger partial charge >= 0.3 is 0 Å². The first-order chi connectivity index (χ1) is 6.64. The molecule has 0 radical (unpaired) electrons. The number of aromatic nitrogens is 2. The van der Waals surface area contributed by atoms with Crippen molar-refractivity contribution in [2.24, 2.45) is 0 Å². The van der Waals surface area contributed by atoms with E-state index in [-0.39, 0.29) is 6.54 Å². The zero-order chi connectivity index (χ0) is 10.4. The second-order valence-corrected chi connectivity index (χ2v) is 4.26. The van der Waals surface area contributed by atoms with Crippen LogP contribution in [0.1, 0.15) is 5.69 Å². The van der Waals surface area contributed by atoms with Crippen LogP contribution in [0.15, 0.2) is 18.3 Å². The Hall–Kier alpha value is -1.52. The monoisotopic (exact) mass is 212 g/mol. The van der Waals surface area contributed by atoms with Crippen LogP contribution < -0.4 is 4.72 Å². The molecule has 0 unspecified atom stereocenters. The summed E-state index contributed by atoms with van der Waals surface area (Å²) in [6.07, 6.45) is 1.49. The van der Waals surface area contributed by atoms with Gasteiger partial charge in [0.25, 0.3) is 0 Å². The lowest BCUT2D eigenvalue weighted by Gasteiger charge is -2.01. The van der Waals surface area contributed by atoms with E-state index in [0.717, 1.165) is 0 Å². The molecule has 0 fully saturated rings. The van der Waals surface area contributed by atoms with Crippen molar-refractivity contribution in [3.8, 4) is 6.07 Å². The van der Waals surface area contributed by atoms with Gasteiger partial charge in [-0.1, -0.05) is 0 Å². The Morgan fingerprint density at radius 3 is 2.93 bits per heavy atom. The van der Waals surface area contributed by atoms with Crippen LogP contribution in [0.3, 0.4) is 0 Å². The van der Waals surface area contributed by atoms with Crippen LogP contribution in [-0.2, 0) is 16.6 Å². The van der Waals surface area contributed by atoms with Crippen molar-refractivity contribution < 1.29 is 8.42 Å². The molecule has 1 heterocycles. The zero-order valence-corrected chi connectivity index (χ0v) is 8.03. The highest BCUT2D eigenvalue weighted by Gasteiger charge is 2.08. The summed E-state index contributed by atoms with van der Waals surface area (Å²) in [4.78, 5) is 0. The fraction of sp³-hybridized carbons (Fsp3) is 0.286. The summed E-state index contributed by atoms with van der Waals surface area (Å²) in [6.45, 7) is 0.0534. The van der Waals surface area contributed by atoms with E-state index in [1.54, 1.807) is 18.2 Å². The van der Waals surface area contributed by atoms with E-state index in [4.69, 9.17) is 5.26 Å². The molecule has 1 rings (SSSR count). The number of nitrogens with zero attached hydrogens (tertiary/aromatic N) is 3. The van der Waals surface area contributed by atoms with Gasteiger partial charge in [-0.3, -0.25) is 0 Å². The van der Waals surface area contributed by atoms with Gasteiger partial charge in [0.1, 0.15) is 0 Å². The second-order valence-electron chi connectivity index (χ2n) is 2.45. The van der Waals surface area contributed by atoms with E-state index in [2.05, 4.69) is 14.9 Å². The predicted molar refractivity (Wildman–Crippen MR) is 48.3 cm³/mol. The van der Waals surface area contributed by atoms with Crippen molar-refractivity contribution in [1.29, 1.82) is 5.26 Å². The highest BCUT2D eigenvalue weighted by molar-refractivity contribution is 7.89. The molecule has 0 spiro atoms. The van der Waals surface area contributed by atoms with Crippen LogP contribution in [0.5, 0.6) is 0 Å². The Morgan fingerprint density at radius 2 is 2.36 bits per heavy atom. The molecular weight excluding hydrogens is 204 g/mol. The number of hydrogen-bond donors (Lipinski definition) is 1. The Kier molecular flexibility index (Phi) is 3.50. The predicted octanol–water partition coefficient (Wildman–Crippen LogP) is -0.580. The number of sulfonamides is 1. The van der Waals surface area contributed by atoms with Crippen LogP contribution in [-0.4, -0.2) is 24.4 Å². The minimum Gasteiger partial charge on any atom is -0.211 e. The lowest BCUT2D eigenvalue weighted by Crippen LogP contribution is -2.25. The maximum Gasteiger partial charge on any atom is 0.225 e. The van der Waals surface area contributed by atoms with E-state index < -0.39 is 15.8 Å². The first-order valence-corrected chi connectivity index (χ1v) is 5.40. The average Bonchev–Trinajstić information content (AvgIpc) is 2.17. The molecular formula is C7H8N4O2S. The van der Waals surface area contributed by atoms with Gasteiger partial charge in [0.2, 0.25) is 10.0 Å². The summed E-state index contributed by atoms with van der Waals surface area (Å²) in [5.41, 5.74) is 0.508. The molecule has 1 N–H and O–H groups in total. The standard InChI is InChI=1S/C7H8N4O2S/c8-3-5-14(12,13)10-6-7-2-1-4-9-11-7/h1-2,4,10H,5-6H2. The fourth-order valence-electron chi connectivity index (χ4n) is 0.748. The van der Waals surface area contributed by atoms with Crippen molar-refractivity contribution in [3.05, 3.63) is 24.0 Å². The van der Waals surface area contributed by atoms with Gasteiger partial charge in [-0.05, 0) is 12.1 Å². The molecule has 0 aliphatic rings. The summed E-state index contributed by atoms with van der Waals surface area (Å²) < 4.78 is 24.3. The van der Waals surface area contributed by atoms with E-state index in [1.165, 1.54) is 6.20 Å². The lowest BCUT2D eigenvalue weighted by molar-refractivity contribution is 0.583. The molecule has 6 nitrogen and oxygen atoms in total. The molecule has 1 aromatic rings. The van der Waals surface area contributed by atoms with E-state index in [1.807, 2.05) is 0 Å². The summed E-state index contributed by atoms with van der Waals surface area (Å²) in [5.74, 6) is -0.548. The van der Waals surface area contributed by atoms with Crippen molar-refractivity contribution in [1.82, 2.24) is 14.9 Å². The number of hydrogen-bond acceptors (Lipinski definition) is 5. The molecule has 0 atom stereocenters. The summed E-state index contributed by atoms with van der Waals surface area (Å²) in [6, 6.07) is 4.85. The molecule has 0 bridgehead atoms. The van der Waals surface area contributed by atoms with Crippen LogP contribution in [0.2, 0.25) is 0 Å². The van der Waals surface area contributed by atoms with Gasteiger partial charge in [-0.25, -0.2) is 13.1 Å². The topological polar surface area (TPSA) is 95.7 Å². The zero-order valence-electron chi connectivity index (χ0n) is 7.21. The van der Waals surface area contributed by atoms with Crippen LogP contribution in [0.25, 0.3) is 0 Å². The molecule has 0 aliphatic carbocycles. The largest absolute Gasteiger partial charge is 0.225 e. The molecule has 0 aromatic carbocycles. The maximum absolute atomic E-state index is 11.0. The van der Waals surface area contributed by atoms with E-state index in [0.29, 0.717) is 5.69 Å². The van der Waals surface area contributed by atoms with Crippen LogP contribution >= 0.6 is 0 Å². The summed E-state index contributed by atoms with van der Waals surface area (Å²) >= 11 is 0. The Morgan fingerprint density at radius 1 is 1.57 bits per heavy atom. The Labute approximate surface area is 81.6 Å². The molecule has 14 heavy (non-hydrogen) atoms. The van der Waals surface area contributed by atoms with Crippen molar-refractivity contribution in [3.63, 3.8) is 0 Å². The SMILES string of the molecule is N#CCS(=O)(=O)NCc1cccnn1. The molecule has 0 saturated heterocycles. The fourth-order valence-corrected chi connectivity index (χ4v) is 1.39. The first kappa shape index (κ1) is 10.6. The van der Waals surface area contributed by atoms with Crippen LogP contribution in [0.4, 0.5) is 0 Å². The Balaban J connectivity index is 2.55. The van der Waals surface area contributed by atoms with Gasteiger partial charge in [0.05, 0.1) is 18.3 Å². The minimum atomic E-state index is -3.51. The third-order valence-electron chi connectivity index (χ3n) is 1.36. The van der Waals surface area contributed by atoms with Crippen molar-refractivity contribution in [2.45, 2.75) is 6.54 Å². The van der Waals surface area contributed by atoms with Crippen LogP contribution in [0, 0.1) is 11.3 Å². The Bertz CT molecular complexity index is 423. The first-order valence-electron chi connectivity index (χ1n) is 3.75. The number of nitrogens with one attached hydrogen (secondary N) is 1. The average molecular weight is 212 g/mol. The third-order valence-corrected chi connectivity index (χ3v) is 2.45. The number of nitriles is 1. The third kappa shape index (κ3) is 3.47. The highest BCUT2D eigenvalue weighted by atomic mass is 32.2. The second kappa shape index (κ2) is 4.64. The normalized spacial score (nSPS) is 10.8. The molecule has 1 aromatic heterocycles. The van der Waals surface area contributed by atoms with E-state index in [9.17, 15) is 8.42 Å². The van der Waals surface area contributed by atoms with Gasteiger partial charge in [0, 0.05) is 6.20 Å². The van der Waals surface area contributed by atoms with Gasteiger partial charge in [-0.15, -0.1) is 0 Å². The smallest absolute Gasteiger partial charge is 0.211 e. The van der Waals surface area contributed by atoms with Crippen molar-refractivity contribution >= 4 is 10.0 Å².